The Balaban J connectivity index is 2.50. The Kier molecular flexibility index (Phi) is 2.29. The van der Waals surface area contributed by atoms with Crippen molar-refractivity contribution in [2.24, 2.45) is 0 Å². The van der Waals surface area contributed by atoms with E-state index in [4.69, 9.17) is 0 Å². The Labute approximate surface area is 86.7 Å². The Morgan fingerprint density at radius 1 is 1.33 bits per heavy atom. The number of carbonyl (C=O) groups excluding carboxylic acids is 1. The van der Waals surface area contributed by atoms with Gasteiger partial charge in [0.2, 0.25) is 0 Å². The molecule has 0 aliphatic heterocycles. The lowest BCUT2D eigenvalue weighted by atomic mass is 10.1. The van der Waals surface area contributed by atoms with E-state index in [0.29, 0.717) is 11.4 Å². The summed E-state index contributed by atoms with van der Waals surface area (Å²) in [6.07, 6.45) is 0.822. The molecule has 0 aliphatic rings. The molecule has 15 heavy (non-hydrogen) atoms. The van der Waals surface area contributed by atoms with Gasteiger partial charge >= 0.3 is 0 Å². The molecule has 0 radical (unpaired) electrons. The van der Waals surface area contributed by atoms with Crippen LogP contribution in [0.5, 0.6) is 0 Å². The van der Waals surface area contributed by atoms with E-state index in [1.54, 1.807) is 13.0 Å². The molecular weight excluding hydrogens is 192 g/mol. The van der Waals surface area contributed by atoms with E-state index in [1.807, 2.05) is 19.1 Å². The number of benzene rings is 1. The SMILES string of the molecule is Cc1nnn(-c2ccc(C)c(C=O)c2)n1. The van der Waals surface area contributed by atoms with Gasteiger partial charge in [-0.25, -0.2) is 0 Å². The Morgan fingerprint density at radius 2 is 2.13 bits per heavy atom. The largest absolute Gasteiger partial charge is 0.298 e. The molecule has 0 saturated heterocycles. The van der Waals surface area contributed by atoms with Crippen LogP contribution in [0.4, 0.5) is 0 Å². The van der Waals surface area contributed by atoms with Crippen molar-refractivity contribution >= 4 is 6.29 Å². The van der Waals surface area contributed by atoms with Crippen LogP contribution in [-0.2, 0) is 0 Å². The molecule has 2 aromatic rings. The fraction of sp³-hybridized carbons (Fsp3) is 0.200. The van der Waals surface area contributed by atoms with Crippen LogP contribution >= 0.6 is 0 Å². The van der Waals surface area contributed by atoms with Crippen molar-refractivity contribution in [3.8, 4) is 5.69 Å². The van der Waals surface area contributed by atoms with Crippen LogP contribution < -0.4 is 0 Å². The van der Waals surface area contributed by atoms with Crippen molar-refractivity contribution in [1.82, 2.24) is 20.2 Å². The molecule has 2 rings (SSSR count). The number of aromatic nitrogens is 4. The van der Waals surface area contributed by atoms with E-state index in [0.717, 1.165) is 17.5 Å². The highest BCUT2D eigenvalue weighted by atomic mass is 16.1. The summed E-state index contributed by atoms with van der Waals surface area (Å²) in [5.74, 6) is 0.600. The van der Waals surface area contributed by atoms with Crippen LogP contribution in [0.15, 0.2) is 18.2 Å². The summed E-state index contributed by atoms with van der Waals surface area (Å²) in [7, 11) is 0. The number of carbonyl (C=O) groups is 1. The van der Waals surface area contributed by atoms with E-state index in [9.17, 15) is 4.79 Å². The summed E-state index contributed by atoms with van der Waals surface area (Å²) in [5, 5.41) is 11.7. The second-order valence-corrected chi connectivity index (χ2v) is 3.28. The van der Waals surface area contributed by atoms with Gasteiger partial charge in [-0.15, -0.1) is 15.0 Å². The van der Waals surface area contributed by atoms with Gasteiger partial charge in [-0.2, -0.15) is 0 Å². The van der Waals surface area contributed by atoms with Gasteiger partial charge in [0.25, 0.3) is 0 Å². The van der Waals surface area contributed by atoms with Crippen molar-refractivity contribution in [3.05, 3.63) is 35.2 Å². The number of aryl methyl sites for hydroxylation is 2. The van der Waals surface area contributed by atoms with Crippen molar-refractivity contribution < 1.29 is 4.79 Å². The molecule has 0 aliphatic carbocycles. The van der Waals surface area contributed by atoms with Crippen molar-refractivity contribution in [1.29, 1.82) is 0 Å². The maximum atomic E-state index is 10.8. The maximum Gasteiger partial charge on any atom is 0.172 e. The summed E-state index contributed by atoms with van der Waals surface area (Å²) in [6.45, 7) is 3.64. The number of nitrogens with zero attached hydrogens (tertiary/aromatic N) is 4. The Hall–Kier alpha value is -2.04. The first-order valence-corrected chi connectivity index (χ1v) is 4.53. The lowest BCUT2D eigenvalue weighted by Crippen LogP contribution is -2.00. The molecule has 76 valence electrons. The monoisotopic (exact) mass is 202 g/mol. The van der Waals surface area contributed by atoms with E-state index in [2.05, 4.69) is 15.4 Å². The van der Waals surface area contributed by atoms with Gasteiger partial charge in [0.15, 0.2) is 5.82 Å². The zero-order valence-corrected chi connectivity index (χ0v) is 8.51. The zero-order chi connectivity index (χ0) is 10.8. The number of tetrazole rings is 1. The first-order chi connectivity index (χ1) is 7.20. The van der Waals surface area contributed by atoms with E-state index in [1.165, 1.54) is 4.80 Å². The summed E-state index contributed by atoms with van der Waals surface area (Å²) in [5.41, 5.74) is 2.32. The number of rotatable bonds is 2. The van der Waals surface area contributed by atoms with Crippen LogP contribution in [0.3, 0.4) is 0 Å². The van der Waals surface area contributed by atoms with Gasteiger partial charge in [0, 0.05) is 5.56 Å². The summed E-state index contributed by atoms with van der Waals surface area (Å²) in [4.78, 5) is 12.2. The van der Waals surface area contributed by atoms with Crippen LogP contribution in [0.25, 0.3) is 5.69 Å². The lowest BCUT2D eigenvalue weighted by Gasteiger charge is -2.01. The predicted molar refractivity (Wildman–Crippen MR) is 54.0 cm³/mol. The highest BCUT2D eigenvalue weighted by Crippen LogP contribution is 2.11. The molecule has 0 spiro atoms. The minimum Gasteiger partial charge on any atom is -0.298 e. The summed E-state index contributed by atoms with van der Waals surface area (Å²) in [6, 6.07) is 5.45. The Bertz CT molecular complexity index is 504. The number of aldehydes is 1. The standard InChI is InChI=1S/C10H10N4O/c1-7-3-4-10(5-9(7)6-15)14-12-8(2)11-13-14/h3-6H,1-2H3. The Morgan fingerprint density at radius 3 is 2.73 bits per heavy atom. The molecule has 0 saturated carbocycles. The van der Waals surface area contributed by atoms with Gasteiger partial charge in [0.05, 0.1) is 5.69 Å². The first-order valence-electron chi connectivity index (χ1n) is 4.53. The molecule has 0 fully saturated rings. The van der Waals surface area contributed by atoms with Crippen molar-refractivity contribution in [2.45, 2.75) is 13.8 Å². The quantitative estimate of drug-likeness (QED) is 0.684. The highest BCUT2D eigenvalue weighted by Gasteiger charge is 2.03. The molecule has 0 unspecified atom stereocenters. The minimum atomic E-state index is 0.600. The molecule has 1 aromatic carbocycles. The fourth-order valence-corrected chi connectivity index (χ4v) is 1.27. The van der Waals surface area contributed by atoms with Crippen molar-refractivity contribution in [3.63, 3.8) is 0 Å². The smallest absolute Gasteiger partial charge is 0.172 e. The minimum absolute atomic E-state index is 0.600. The second kappa shape index (κ2) is 3.61. The lowest BCUT2D eigenvalue weighted by molar-refractivity contribution is 0.112. The van der Waals surface area contributed by atoms with E-state index < -0.39 is 0 Å². The third-order valence-corrected chi connectivity index (χ3v) is 2.13. The first kappa shape index (κ1) is 9.51. The second-order valence-electron chi connectivity index (χ2n) is 3.28. The van der Waals surface area contributed by atoms with Gasteiger partial charge < -0.3 is 0 Å². The van der Waals surface area contributed by atoms with Crippen molar-refractivity contribution in [2.75, 3.05) is 0 Å². The molecule has 0 atom stereocenters. The molecule has 5 heteroatoms. The normalized spacial score (nSPS) is 10.3. The van der Waals surface area contributed by atoms with Gasteiger partial charge in [-0.3, -0.25) is 4.79 Å². The molecule has 1 heterocycles. The third kappa shape index (κ3) is 1.76. The number of hydrogen-bond acceptors (Lipinski definition) is 4. The zero-order valence-electron chi connectivity index (χ0n) is 8.51. The highest BCUT2D eigenvalue weighted by molar-refractivity contribution is 5.78. The number of hydrogen-bond donors (Lipinski definition) is 0. The van der Waals surface area contributed by atoms with Gasteiger partial charge in [-0.1, -0.05) is 6.07 Å². The molecule has 5 nitrogen and oxygen atoms in total. The van der Waals surface area contributed by atoms with Gasteiger partial charge in [-0.05, 0) is 36.8 Å². The van der Waals surface area contributed by atoms with Crippen LogP contribution in [-0.4, -0.2) is 26.5 Å². The summed E-state index contributed by atoms with van der Waals surface area (Å²) >= 11 is 0. The van der Waals surface area contributed by atoms with E-state index in [-0.39, 0.29) is 0 Å². The average molecular weight is 202 g/mol. The van der Waals surface area contributed by atoms with Crippen LogP contribution in [0.2, 0.25) is 0 Å². The average Bonchev–Trinajstić information content (AvgIpc) is 2.66. The molecule has 0 bridgehead atoms. The third-order valence-electron chi connectivity index (χ3n) is 2.13. The van der Waals surface area contributed by atoms with E-state index >= 15 is 0 Å². The fourth-order valence-electron chi connectivity index (χ4n) is 1.27. The molecule has 0 amide bonds. The summed E-state index contributed by atoms with van der Waals surface area (Å²) < 4.78 is 0. The maximum absolute atomic E-state index is 10.8. The van der Waals surface area contributed by atoms with Gasteiger partial charge in [0.1, 0.15) is 6.29 Å². The van der Waals surface area contributed by atoms with Crippen LogP contribution in [0, 0.1) is 13.8 Å². The molecule has 1 aromatic heterocycles. The predicted octanol–water partition coefficient (Wildman–Crippen LogP) is 1.09. The van der Waals surface area contributed by atoms with Crippen LogP contribution in [0.1, 0.15) is 21.7 Å². The molecule has 0 N–H and O–H groups in total. The molecular formula is C10H10N4O. The topological polar surface area (TPSA) is 60.7 Å².